The molecule has 0 aliphatic carbocycles. The highest BCUT2D eigenvalue weighted by molar-refractivity contribution is 7.86. The molecule has 0 amide bonds. The van der Waals surface area contributed by atoms with E-state index in [9.17, 15) is 8.42 Å². The second kappa shape index (κ2) is 5.25. The molecule has 1 atom stereocenters. The summed E-state index contributed by atoms with van der Waals surface area (Å²) >= 11 is 0. The van der Waals surface area contributed by atoms with E-state index in [1.807, 2.05) is 6.92 Å². The van der Waals surface area contributed by atoms with Crippen LogP contribution in [0.25, 0.3) is 0 Å². The number of nitrogens with zero attached hydrogens (tertiary/aromatic N) is 2. The van der Waals surface area contributed by atoms with Crippen molar-refractivity contribution < 1.29 is 8.42 Å². The van der Waals surface area contributed by atoms with Gasteiger partial charge in [0.05, 0.1) is 0 Å². The summed E-state index contributed by atoms with van der Waals surface area (Å²) in [7, 11) is -1.65. The third-order valence-corrected chi connectivity index (χ3v) is 4.63. The topological polar surface area (TPSA) is 66.6 Å². The van der Waals surface area contributed by atoms with Crippen LogP contribution in [0.1, 0.15) is 26.2 Å². The van der Waals surface area contributed by atoms with Gasteiger partial charge in [-0.3, -0.25) is 0 Å². The maximum absolute atomic E-state index is 12.0. The summed E-state index contributed by atoms with van der Waals surface area (Å²) < 4.78 is 26.9. The second-order valence-electron chi connectivity index (χ2n) is 4.09. The molecule has 15 heavy (non-hydrogen) atoms. The third-order valence-electron chi connectivity index (χ3n) is 2.68. The van der Waals surface area contributed by atoms with Crippen LogP contribution in [0.3, 0.4) is 0 Å². The van der Waals surface area contributed by atoms with E-state index >= 15 is 0 Å². The first-order valence-electron chi connectivity index (χ1n) is 5.45. The zero-order chi connectivity index (χ0) is 11.5. The number of piperidine rings is 1. The van der Waals surface area contributed by atoms with Crippen LogP contribution in [0.15, 0.2) is 0 Å². The van der Waals surface area contributed by atoms with Crippen LogP contribution >= 0.6 is 0 Å². The minimum atomic E-state index is -3.27. The highest BCUT2D eigenvalue weighted by Gasteiger charge is 2.29. The Hall–Kier alpha value is -0.170. The maximum Gasteiger partial charge on any atom is 0.281 e. The molecule has 1 aliphatic heterocycles. The minimum Gasteiger partial charge on any atom is -0.327 e. The van der Waals surface area contributed by atoms with Crippen molar-refractivity contribution >= 4 is 10.2 Å². The molecule has 0 saturated carbocycles. The SMILES string of the molecule is CCCN(C)S(=O)(=O)N1CCCC(N)C1. The summed E-state index contributed by atoms with van der Waals surface area (Å²) in [5.74, 6) is 0. The fourth-order valence-electron chi connectivity index (χ4n) is 1.81. The van der Waals surface area contributed by atoms with E-state index in [1.54, 1.807) is 7.05 Å². The van der Waals surface area contributed by atoms with Gasteiger partial charge in [0.25, 0.3) is 10.2 Å². The van der Waals surface area contributed by atoms with Gasteiger partial charge < -0.3 is 5.73 Å². The molecule has 90 valence electrons. The minimum absolute atomic E-state index is 0.0106. The van der Waals surface area contributed by atoms with Gasteiger partial charge in [0.15, 0.2) is 0 Å². The molecule has 0 aromatic rings. The van der Waals surface area contributed by atoms with Crippen LogP contribution < -0.4 is 5.73 Å². The summed E-state index contributed by atoms with van der Waals surface area (Å²) in [4.78, 5) is 0. The van der Waals surface area contributed by atoms with Crippen molar-refractivity contribution in [3.63, 3.8) is 0 Å². The first kappa shape index (κ1) is 12.9. The molecule has 0 spiro atoms. The van der Waals surface area contributed by atoms with Crippen molar-refractivity contribution in [1.82, 2.24) is 8.61 Å². The van der Waals surface area contributed by atoms with Gasteiger partial charge in [0.1, 0.15) is 0 Å². The van der Waals surface area contributed by atoms with E-state index in [1.165, 1.54) is 8.61 Å². The van der Waals surface area contributed by atoms with Crippen LogP contribution in [0.4, 0.5) is 0 Å². The predicted molar refractivity (Wildman–Crippen MR) is 60.6 cm³/mol. The lowest BCUT2D eigenvalue weighted by Gasteiger charge is -2.32. The Labute approximate surface area is 92.4 Å². The molecule has 0 bridgehead atoms. The lowest BCUT2D eigenvalue weighted by Crippen LogP contribution is -2.50. The zero-order valence-corrected chi connectivity index (χ0v) is 10.3. The summed E-state index contributed by atoms with van der Waals surface area (Å²) in [6.07, 6.45) is 2.61. The molecule has 1 rings (SSSR count). The number of hydrogen-bond donors (Lipinski definition) is 1. The van der Waals surface area contributed by atoms with Gasteiger partial charge in [0, 0.05) is 32.7 Å². The van der Waals surface area contributed by atoms with Gasteiger partial charge >= 0.3 is 0 Å². The molecule has 2 N–H and O–H groups in total. The van der Waals surface area contributed by atoms with E-state index in [-0.39, 0.29) is 6.04 Å². The van der Waals surface area contributed by atoms with Crippen LogP contribution in [-0.2, 0) is 10.2 Å². The van der Waals surface area contributed by atoms with E-state index in [0.29, 0.717) is 19.6 Å². The molecule has 0 aromatic carbocycles. The smallest absolute Gasteiger partial charge is 0.281 e. The Morgan fingerprint density at radius 1 is 1.53 bits per heavy atom. The molecule has 1 unspecified atom stereocenters. The molecular formula is C9H21N3O2S. The van der Waals surface area contributed by atoms with E-state index in [0.717, 1.165) is 19.3 Å². The van der Waals surface area contributed by atoms with Gasteiger partial charge in [-0.25, -0.2) is 0 Å². The monoisotopic (exact) mass is 235 g/mol. The Morgan fingerprint density at radius 3 is 2.73 bits per heavy atom. The van der Waals surface area contributed by atoms with Gasteiger partial charge in [-0.1, -0.05) is 6.92 Å². The summed E-state index contributed by atoms with van der Waals surface area (Å²) in [5, 5.41) is 0. The van der Waals surface area contributed by atoms with Gasteiger partial charge in [-0.2, -0.15) is 17.0 Å². The number of hydrogen-bond acceptors (Lipinski definition) is 3. The fourth-order valence-corrected chi connectivity index (χ4v) is 3.36. The quantitative estimate of drug-likeness (QED) is 0.745. The highest BCUT2D eigenvalue weighted by atomic mass is 32.2. The molecule has 1 saturated heterocycles. The van der Waals surface area contributed by atoms with Crippen molar-refractivity contribution in [3.8, 4) is 0 Å². The van der Waals surface area contributed by atoms with Crippen LogP contribution in [0, 0.1) is 0 Å². The third kappa shape index (κ3) is 3.14. The molecule has 1 heterocycles. The number of rotatable bonds is 4. The van der Waals surface area contributed by atoms with Gasteiger partial charge in [-0.05, 0) is 19.3 Å². The van der Waals surface area contributed by atoms with Crippen molar-refractivity contribution in [3.05, 3.63) is 0 Å². The van der Waals surface area contributed by atoms with E-state index < -0.39 is 10.2 Å². The van der Waals surface area contributed by atoms with Crippen molar-refractivity contribution in [2.75, 3.05) is 26.7 Å². The predicted octanol–water partition coefficient (Wildman–Crippen LogP) is -0.00390. The van der Waals surface area contributed by atoms with Crippen LogP contribution in [-0.4, -0.2) is 49.8 Å². The first-order valence-corrected chi connectivity index (χ1v) is 6.85. The van der Waals surface area contributed by atoms with Gasteiger partial charge in [-0.15, -0.1) is 0 Å². The standard InChI is InChI=1S/C9H21N3O2S/c1-3-6-11(2)15(13,14)12-7-4-5-9(10)8-12/h9H,3-8,10H2,1-2H3. The maximum atomic E-state index is 12.0. The molecule has 0 aromatic heterocycles. The largest absolute Gasteiger partial charge is 0.327 e. The fraction of sp³-hybridized carbons (Fsp3) is 1.00. The molecule has 1 aliphatic rings. The average molecular weight is 235 g/mol. The zero-order valence-electron chi connectivity index (χ0n) is 9.52. The van der Waals surface area contributed by atoms with Crippen LogP contribution in [0.2, 0.25) is 0 Å². The Balaban J connectivity index is 2.67. The molecular weight excluding hydrogens is 214 g/mol. The van der Waals surface area contributed by atoms with Crippen molar-refractivity contribution in [1.29, 1.82) is 0 Å². The summed E-state index contributed by atoms with van der Waals surface area (Å²) in [6.45, 7) is 3.59. The lowest BCUT2D eigenvalue weighted by molar-refractivity contribution is 0.292. The lowest BCUT2D eigenvalue weighted by atomic mass is 10.1. The Bertz CT molecular complexity index is 292. The highest BCUT2D eigenvalue weighted by Crippen LogP contribution is 2.15. The summed E-state index contributed by atoms with van der Waals surface area (Å²) in [5.41, 5.74) is 5.77. The normalized spacial score (nSPS) is 24.7. The van der Waals surface area contributed by atoms with Crippen LogP contribution in [0.5, 0.6) is 0 Å². The number of nitrogens with two attached hydrogens (primary N) is 1. The molecule has 5 nitrogen and oxygen atoms in total. The summed E-state index contributed by atoms with van der Waals surface area (Å²) in [6, 6.07) is -0.0106. The first-order chi connectivity index (χ1) is 6.98. The molecule has 6 heteroatoms. The second-order valence-corrected chi connectivity index (χ2v) is 6.13. The van der Waals surface area contributed by atoms with Crippen molar-refractivity contribution in [2.45, 2.75) is 32.2 Å². The Morgan fingerprint density at radius 2 is 2.20 bits per heavy atom. The van der Waals surface area contributed by atoms with Crippen molar-refractivity contribution in [2.24, 2.45) is 5.73 Å². The van der Waals surface area contributed by atoms with E-state index in [4.69, 9.17) is 5.73 Å². The Kier molecular flexibility index (Phi) is 4.51. The van der Waals surface area contributed by atoms with Gasteiger partial charge in [0.2, 0.25) is 0 Å². The molecule has 0 radical (unpaired) electrons. The molecule has 1 fully saturated rings. The average Bonchev–Trinajstić information content (AvgIpc) is 2.18. The van der Waals surface area contributed by atoms with E-state index in [2.05, 4.69) is 0 Å².